The van der Waals surface area contributed by atoms with Crippen LogP contribution in [0.25, 0.3) is 0 Å². The van der Waals surface area contributed by atoms with Crippen LogP contribution in [0, 0.1) is 5.92 Å². The van der Waals surface area contributed by atoms with Gasteiger partial charge in [0.1, 0.15) is 6.04 Å². The number of urea groups is 1. The highest BCUT2D eigenvalue weighted by Gasteiger charge is 2.27. The lowest BCUT2D eigenvalue weighted by Crippen LogP contribution is -2.51. The van der Waals surface area contributed by atoms with E-state index in [1.165, 1.54) is 0 Å². The fourth-order valence-electron chi connectivity index (χ4n) is 1.73. The van der Waals surface area contributed by atoms with Gasteiger partial charge in [0.15, 0.2) is 0 Å². The van der Waals surface area contributed by atoms with Crippen LogP contribution in [0.2, 0.25) is 0 Å². The second kappa shape index (κ2) is 6.27. The molecule has 0 aliphatic carbocycles. The van der Waals surface area contributed by atoms with Crippen molar-refractivity contribution in [2.24, 2.45) is 5.92 Å². The van der Waals surface area contributed by atoms with Crippen LogP contribution in [0.15, 0.2) is 12.2 Å². The summed E-state index contributed by atoms with van der Waals surface area (Å²) in [6, 6.07) is -1.10. The minimum absolute atomic E-state index is 0.0724. The molecule has 0 aromatic carbocycles. The van der Waals surface area contributed by atoms with Crippen LogP contribution >= 0.6 is 0 Å². The van der Waals surface area contributed by atoms with E-state index in [-0.39, 0.29) is 11.9 Å². The number of nitrogens with one attached hydrogen (secondary N) is 1. The molecule has 2 amide bonds. The van der Waals surface area contributed by atoms with Gasteiger partial charge in [-0.2, -0.15) is 0 Å². The lowest BCUT2D eigenvalue weighted by Gasteiger charge is -2.27. The van der Waals surface area contributed by atoms with E-state index in [1.807, 2.05) is 26.0 Å². The van der Waals surface area contributed by atoms with Gasteiger partial charge in [-0.25, -0.2) is 9.59 Å². The molecule has 1 rings (SSSR count). The summed E-state index contributed by atoms with van der Waals surface area (Å²) in [5, 5.41) is 11.7. The third kappa shape index (κ3) is 3.76. The molecule has 5 nitrogen and oxygen atoms in total. The lowest BCUT2D eigenvalue weighted by molar-refractivity contribution is -0.140. The first-order valence-electron chi connectivity index (χ1n) is 5.99. The number of carboxylic acid groups (broad SMARTS) is 1. The highest BCUT2D eigenvalue weighted by molar-refractivity contribution is 5.82. The van der Waals surface area contributed by atoms with E-state index in [2.05, 4.69) is 5.32 Å². The van der Waals surface area contributed by atoms with Gasteiger partial charge in [-0.3, -0.25) is 0 Å². The zero-order chi connectivity index (χ0) is 12.8. The van der Waals surface area contributed by atoms with Gasteiger partial charge in [0.2, 0.25) is 0 Å². The third-order valence-corrected chi connectivity index (χ3v) is 3.10. The molecule has 1 unspecified atom stereocenters. The first-order valence-corrected chi connectivity index (χ1v) is 5.99. The molecule has 1 heterocycles. The van der Waals surface area contributed by atoms with Crippen LogP contribution in [0.4, 0.5) is 4.79 Å². The van der Waals surface area contributed by atoms with E-state index in [1.54, 1.807) is 4.90 Å². The average Bonchev–Trinajstić information content (AvgIpc) is 2.35. The van der Waals surface area contributed by atoms with Crippen molar-refractivity contribution in [2.45, 2.75) is 32.7 Å². The lowest BCUT2D eigenvalue weighted by atomic mass is 9.99. The number of hydrogen-bond donors (Lipinski definition) is 2. The molecule has 96 valence electrons. The smallest absolute Gasteiger partial charge is 0.326 e. The highest BCUT2D eigenvalue weighted by Crippen LogP contribution is 2.09. The highest BCUT2D eigenvalue weighted by atomic mass is 16.4. The second-order valence-electron chi connectivity index (χ2n) is 4.36. The van der Waals surface area contributed by atoms with Gasteiger partial charge in [-0.05, 0) is 12.3 Å². The Labute approximate surface area is 101 Å². The van der Waals surface area contributed by atoms with E-state index < -0.39 is 12.0 Å². The molecule has 1 aliphatic rings. The van der Waals surface area contributed by atoms with Crippen molar-refractivity contribution in [2.75, 3.05) is 13.1 Å². The molecule has 5 heteroatoms. The average molecular weight is 240 g/mol. The quantitative estimate of drug-likeness (QED) is 0.731. The fourth-order valence-corrected chi connectivity index (χ4v) is 1.73. The van der Waals surface area contributed by atoms with E-state index in [0.29, 0.717) is 13.1 Å². The zero-order valence-corrected chi connectivity index (χ0v) is 10.3. The molecular formula is C12H20N2O3. The number of amides is 2. The van der Waals surface area contributed by atoms with Crippen molar-refractivity contribution >= 4 is 12.0 Å². The molecule has 1 aliphatic heterocycles. The molecule has 2 atom stereocenters. The van der Waals surface area contributed by atoms with Crippen LogP contribution in [0.1, 0.15) is 26.7 Å². The molecule has 2 N–H and O–H groups in total. The Morgan fingerprint density at radius 3 is 2.65 bits per heavy atom. The van der Waals surface area contributed by atoms with Crippen molar-refractivity contribution < 1.29 is 14.7 Å². The molecule has 0 bridgehead atoms. The maximum atomic E-state index is 11.9. The summed E-state index contributed by atoms with van der Waals surface area (Å²) >= 11 is 0. The minimum atomic E-state index is -0.972. The van der Waals surface area contributed by atoms with E-state index in [9.17, 15) is 9.59 Å². The van der Waals surface area contributed by atoms with Gasteiger partial charge >= 0.3 is 12.0 Å². The van der Waals surface area contributed by atoms with Gasteiger partial charge in [-0.15, -0.1) is 0 Å². The van der Waals surface area contributed by atoms with Crippen molar-refractivity contribution in [3.63, 3.8) is 0 Å². The van der Waals surface area contributed by atoms with Gasteiger partial charge in [0.05, 0.1) is 0 Å². The summed E-state index contributed by atoms with van der Waals surface area (Å²) in [5.41, 5.74) is 0. The molecule has 17 heavy (non-hydrogen) atoms. The number of carboxylic acids is 1. The van der Waals surface area contributed by atoms with Crippen molar-refractivity contribution in [1.82, 2.24) is 10.2 Å². The molecule has 0 radical (unpaired) electrons. The summed E-state index contributed by atoms with van der Waals surface area (Å²) in [6.07, 6.45) is 5.49. The van der Waals surface area contributed by atoms with Crippen molar-refractivity contribution in [3.05, 3.63) is 12.2 Å². The third-order valence-electron chi connectivity index (χ3n) is 3.10. The fraction of sp³-hybridized carbons (Fsp3) is 0.667. The second-order valence-corrected chi connectivity index (χ2v) is 4.36. The molecule has 0 aromatic rings. The number of rotatable bonds is 4. The Balaban J connectivity index is 2.57. The van der Waals surface area contributed by atoms with Crippen LogP contribution in [0.5, 0.6) is 0 Å². The maximum absolute atomic E-state index is 11.9. The Hall–Kier alpha value is -1.52. The Morgan fingerprint density at radius 1 is 1.47 bits per heavy atom. The summed E-state index contributed by atoms with van der Waals surface area (Å²) in [5.74, 6) is -1.04. The van der Waals surface area contributed by atoms with Crippen molar-refractivity contribution in [1.29, 1.82) is 0 Å². The van der Waals surface area contributed by atoms with Crippen molar-refractivity contribution in [3.8, 4) is 0 Å². The SMILES string of the molecule is CCC(C)[C@H](NC(=O)N1CC=CCC1)C(=O)O. The normalized spacial score (nSPS) is 18.6. The number of nitrogens with zero attached hydrogens (tertiary/aromatic N) is 1. The number of carbonyl (C=O) groups is 2. The van der Waals surface area contributed by atoms with Gasteiger partial charge in [-0.1, -0.05) is 32.4 Å². The van der Waals surface area contributed by atoms with Gasteiger partial charge in [0.25, 0.3) is 0 Å². The first kappa shape index (κ1) is 13.5. The first-order chi connectivity index (χ1) is 8.06. The van der Waals surface area contributed by atoms with Gasteiger partial charge < -0.3 is 15.3 Å². The molecule has 0 spiro atoms. The zero-order valence-electron chi connectivity index (χ0n) is 10.3. The monoisotopic (exact) mass is 240 g/mol. The molecule has 0 saturated heterocycles. The number of hydrogen-bond acceptors (Lipinski definition) is 2. The summed E-state index contributed by atoms with van der Waals surface area (Å²) < 4.78 is 0. The predicted molar refractivity (Wildman–Crippen MR) is 64.7 cm³/mol. The number of carbonyl (C=O) groups excluding carboxylic acids is 1. The molecule has 0 aromatic heterocycles. The Kier molecular flexibility index (Phi) is 5.00. The summed E-state index contributed by atoms with van der Waals surface area (Å²) in [4.78, 5) is 24.5. The van der Waals surface area contributed by atoms with Crippen LogP contribution in [0.3, 0.4) is 0 Å². The summed E-state index contributed by atoms with van der Waals surface area (Å²) in [6.45, 7) is 4.94. The van der Waals surface area contributed by atoms with Gasteiger partial charge in [0, 0.05) is 13.1 Å². The molecular weight excluding hydrogens is 220 g/mol. The van der Waals surface area contributed by atoms with E-state index in [4.69, 9.17) is 5.11 Å². The predicted octanol–water partition coefficient (Wildman–Crippen LogP) is 1.46. The molecule has 0 saturated carbocycles. The largest absolute Gasteiger partial charge is 0.480 e. The Bertz CT molecular complexity index is 315. The minimum Gasteiger partial charge on any atom is -0.480 e. The van der Waals surface area contributed by atoms with E-state index in [0.717, 1.165) is 12.8 Å². The standard InChI is InChI=1S/C12H20N2O3/c1-3-9(2)10(11(15)16)13-12(17)14-7-5-4-6-8-14/h4-5,9-10H,3,6-8H2,1-2H3,(H,13,17)(H,15,16)/t9?,10-/m0/s1. The van der Waals surface area contributed by atoms with E-state index >= 15 is 0 Å². The Morgan fingerprint density at radius 2 is 2.18 bits per heavy atom. The number of aliphatic carboxylic acids is 1. The van der Waals surface area contributed by atoms with Crippen LogP contribution < -0.4 is 5.32 Å². The van der Waals surface area contributed by atoms with Crippen LogP contribution in [-0.2, 0) is 4.79 Å². The maximum Gasteiger partial charge on any atom is 0.326 e. The van der Waals surface area contributed by atoms with Crippen LogP contribution in [-0.4, -0.2) is 41.1 Å². The molecule has 0 fully saturated rings. The summed E-state index contributed by atoms with van der Waals surface area (Å²) in [7, 11) is 0. The topological polar surface area (TPSA) is 69.6 Å².